The molecule has 1 aromatic heterocycles. The van der Waals surface area contributed by atoms with E-state index in [1.807, 2.05) is 127 Å². The Balaban J connectivity index is 0.000000325. The van der Waals surface area contributed by atoms with Crippen LogP contribution >= 0.6 is 11.7 Å². The first-order chi connectivity index (χ1) is 19.4. The van der Waals surface area contributed by atoms with Gasteiger partial charge in [-0.3, -0.25) is 0 Å². The molecule has 0 bridgehead atoms. The van der Waals surface area contributed by atoms with Crippen molar-refractivity contribution in [2.75, 3.05) is 0 Å². The fraction of sp³-hybridized carbons (Fsp3) is 0. The summed E-state index contributed by atoms with van der Waals surface area (Å²) in [5.41, 5.74) is 5.53. The third kappa shape index (κ3) is 10.6. The molecule has 4 fully saturated rings. The Morgan fingerprint density at radius 1 is 0.439 bits per heavy atom. The van der Waals surface area contributed by atoms with Crippen LogP contribution in [0.3, 0.4) is 0 Å². The summed E-state index contributed by atoms with van der Waals surface area (Å²) in [4.78, 5) is 0. The van der Waals surface area contributed by atoms with Crippen LogP contribution in [0.4, 0.5) is 0 Å². The molecule has 4 aliphatic rings. The molecule has 41 heavy (non-hydrogen) atoms. The van der Waals surface area contributed by atoms with Crippen LogP contribution in [0.1, 0.15) is 22.3 Å². The second-order valence-electron chi connectivity index (χ2n) is 8.47. The van der Waals surface area contributed by atoms with Crippen molar-refractivity contribution in [2.24, 2.45) is 0 Å². The fourth-order valence-electron chi connectivity index (χ4n) is 3.76. The van der Waals surface area contributed by atoms with E-state index >= 15 is 0 Å². The maximum atomic E-state index is 4.44. The van der Waals surface area contributed by atoms with Crippen molar-refractivity contribution in [3.8, 4) is 23.7 Å². The Hall–Kier alpha value is -1.58. The molecule has 196 valence electrons. The average Bonchev–Trinajstić information content (AvgIpc) is 3.82. The zero-order chi connectivity index (χ0) is 26.5. The number of nitrogens with zero attached hydrogens (tertiary/aromatic N) is 2. The summed E-state index contributed by atoms with van der Waals surface area (Å²) in [6.45, 7) is 0. The number of fused-ring (bicyclic) bond motifs is 1. The Bertz CT molecular complexity index is 1260. The molecule has 4 saturated carbocycles. The third-order valence-electron chi connectivity index (χ3n) is 5.75. The minimum Gasteiger partial charge on any atom is -0.172 e. The Morgan fingerprint density at radius 2 is 0.878 bits per heavy atom. The Labute approximate surface area is 273 Å². The van der Waals surface area contributed by atoms with Crippen molar-refractivity contribution in [3.63, 3.8) is 0 Å². The van der Waals surface area contributed by atoms with E-state index in [0.717, 1.165) is 33.6 Å². The maximum Gasteiger partial charge on any atom is 2.00 e. The SMILES string of the molecule is C(#Cc1ccc(C#Cc2ccc([C]3[CH][CH][CH][CH]3)cc2)c2nsnc12)[C]1[CH][CH][CH][CH]1.[CH]1[CH][CH][CH][CH]1.[CH]1[CH][CH][CH][CH]1.[Fe+2].[Fe+2]. The summed E-state index contributed by atoms with van der Waals surface area (Å²) in [6, 6.07) is 12.2. The van der Waals surface area contributed by atoms with Crippen molar-refractivity contribution < 1.29 is 34.1 Å². The second kappa shape index (κ2) is 18.9. The van der Waals surface area contributed by atoms with E-state index < -0.39 is 0 Å². The molecule has 3 aromatic rings. The van der Waals surface area contributed by atoms with E-state index in [4.69, 9.17) is 0 Å². The second-order valence-corrected chi connectivity index (χ2v) is 9.00. The van der Waals surface area contributed by atoms with E-state index in [1.165, 1.54) is 23.2 Å². The van der Waals surface area contributed by atoms with Gasteiger partial charge in [0.2, 0.25) is 0 Å². The molecule has 0 saturated heterocycles. The van der Waals surface area contributed by atoms with Gasteiger partial charge >= 0.3 is 34.1 Å². The number of rotatable bonds is 1. The van der Waals surface area contributed by atoms with E-state index in [2.05, 4.69) is 57.4 Å². The molecule has 2 aromatic carbocycles. The fourth-order valence-corrected chi connectivity index (χ4v) is 4.33. The summed E-state index contributed by atoms with van der Waals surface area (Å²) in [6.07, 6.45) is 36.3. The van der Waals surface area contributed by atoms with Gasteiger partial charge < -0.3 is 0 Å². The van der Waals surface area contributed by atoms with Gasteiger partial charge in [0.15, 0.2) is 0 Å². The van der Waals surface area contributed by atoms with Gasteiger partial charge in [0.05, 0.1) is 28.8 Å². The third-order valence-corrected chi connectivity index (χ3v) is 6.28. The van der Waals surface area contributed by atoms with Crippen LogP contribution in [0.5, 0.6) is 0 Å². The van der Waals surface area contributed by atoms with Crippen molar-refractivity contribution in [1.82, 2.24) is 8.75 Å². The maximum absolute atomic E-state index is 4.44. The standard InChI is InChI=1S/C26H14N2S.2C5H5.2Fe/c1-2-6-19(5-1)11-15-23-17-18-24(26-25(23)27-29-28-26)16-12-20-9-13-22(14-10-20)21-7-3-4-8-21;2*1-2-4-5-3-1;;/h1-10,13-14,17-18H;2*1-5H;;/q;;;2*+2. The minimum atomic E-state index is 0. The van der Waals surface area contributed by atoms with Crippen molar-refractivity contribution in [2.45, 2.75) is 0 Å². The van der Waals surface area contributed by atoms with E-state index in [-0.39, 0.29) is 34.1 Å². The van der Waals surface area contributed by atoms with Crippen molar-refractivity contribution >= 4 is 22.8 Å². The van der Waals surface area contributed by atoms with Crippen LogP contribution in [0, 0.1) is 151 Å². The van der Waals surface area contributed by atoms with Gasteiger partial charge in [-0.25, -0.2) is 0 Å². The number of aromatic nitrogens is 2. The molecule has 0 aliphatic heterocycles. The molecule has 20 radical (unpaired) electrons. The summed E-state index contributed by atoms with van der Waals surface area (Å²) in [5, 5.41) is 0. The first-order valence-corrected chi connectivity index (χ1v) is 13.3. The Morgan fingerprint density at radius 3 is 1.37 bits per heavy atom. The molecule has 0 N–H and O–H groups in total. The van der Waals surface area contributed by atoms with Gasteiger partial charge in [-0.15, -0.1) is 0 Å². The summed E-state index contributed by atoms with van der Waals surface area (Å²) in [7, 11) is 0. The summed E-state index contributed by atoms with van der Waals surface area (Å²) < 4.78 is 8.88. The molecule has 5 heteroatoms. The predicted molar refractivity (Wildman–Crippen MR) is 160 cm³/mol. The Kier molecular flexibility index (Phi) is 15.6. The van der Waals surface area contributed by atoms with Gasteiger partial charge in [-0.2, -0.15) is 8.75 Å². The number of benzene rings is 2. The summed E-state index contributed by atoms with van der Waals surface area (Å²) in [5.74, 6) is 15.1. The topological polar surface area (TPSA) is 25.8 Å². The normalized spacial score (nSPS) is 18.0. The van der Waals surface area contributed by atoms with Crippen molar-refractivity contribution in [1.29, 1.82) is 0 Å². The first kappa shape index (κ1) is 33.9. The quantitative estimate of drug-likeness (QED) is 0.223. The molecule has 0 unspecified atom stereocenters. The van der Waals surface area contributed by atoms with Gasteiger partial charge in [-0.1, -0.05) is 35.8 Å². The zero-order valence-electron chi connectivity index (χ0n) is 21.9. The molecule has 4 aliphatic carbocycles. The smallest absolute Gasteiger partial charge is 0.172 e. The molecule has 1 heterocycles. The van der Waals surface area contributed by atoms with Gasteiger partial charge in [0.1, 0.15) is 11.0 Å². The minimum absolute atomic E-state index is 0. The van der Waals surface area contributed by atoms with Crippen LogP contribution in [0.15, 0.2) is 36.4 Å². The van der Waals surface area contributed by atoms with Crippen LogP contribution in [-0.2, 0) is 34.1 Å². The number of hydrogen-bond acceptors (Lipinski definition) is 3. The van der Waals surface area contributed by atoms with Gasteiger partial charge in [-0.05, 0) is 145 Å². The molecule has 2 nitrogen and oxygen atoms in total. The summed E-state index contributed by atoms with van der Waals surface area (Å²) >= 11 is 1.19. The molecular formula is C36H24Fe2N2S+4. The van der Waals surface area contributed by atoms with Crippen LogP contribution in [-0.4, -0.2) is 8.75 Å². The number of hydrogen-bond donors (Lipinski definition) is 0. The van der Waals surface area contributed by atoms with E-state index in [1.54, 1.807) is 0 Å². The molecular weight excluding hydrogens is 604 g/mol. The molecule has 0 spiro atoms. The molecule has 7 rings (SSSR count). The largest absolute Gasteiger partial charge is 2.00 e. The van der Waals surface area contributed by atoms with Crippen LogP contribution < -0.4 is 0 Å². The van der Waals surface area contributed by atoms with Crippen LogP contribution in [0.25, 0.3) is 11.0 Å². The van der Waals surface area contributed by atoms with E-state index in [9.17, 15) is 0 Å². The zero-order valence-corrected chi connectivity index (χ0v) is 24.9. The van der Waals surface area contributed by atoms with Crippen LogP contribution in [0.2, 0.25) is 0 Å². The molecule has 0 amide bonds. The van der Waals surface area contributed by atoms with E-state index in [0.29, 0.717) is 0 Å². The first-order valence-electron chi connectivity index (χ1n) is 12.5. The monoisotopic (exact) mass is 628 g/mol. The van der Waals surface area contributed by atoms with Gasteiger partial charge in [0.25, 0.3) is 0 Å². The average molecular weight is 628 g/mol. The van der Waals surface area contributed by atoms with Gasteiger partial charge in [0, 0.05) is 11.5 Å². The molecule has 0 atom stereocenters. The predicted octanol–water partition coefficient (Wildman–Crippen LogP) is 6.64. The van der Waals surface area contributed by atoms with Crippen molar-refractivity contribution in [3.05, 3.63) is 186 Å².